The second-order valence-electron chi connectivity index (χ2n) is 7.26. The van der Waals surface area contributed by atoms with Crippen LogP contribution in [0.2, 0.25) is 0 Å². The molecule has 0 radical (unpaired) electrons. The summed E-state index contributed by atoms with van der Waals surface area (Å²) in [5, 5.41) is 0. The van der Waals surface area contributed by atoms with Crippen molar-refractivity contribution >= 4 is 5.90 Å². The van der Waals surface area contributed by atoms with Gasteiger partial charge in [0.05, 0.1) is 17.7 Å². The molecule has 1 atom stereocenters. The monoisotopic (exact) mass is 356 g/mol. The molecule has 2 heterocycles. The van der Waals surface area contributed by atoms with Gasteiger partial charge in [0.1, 0.15) is 12.3 Å². The van der Waals surface area contributed by atoms with Gasteiger partial charge in [-0.3, -0.25) is 0 Å². The van der Waals surface area contributed by atoms with Gasteiger partial charge in [0.25, 0.3) is 0 Å². The van der Waals surface area contributed by atoms with Crippen LogP contribution in [-0.4, -0.2) is 23.5 Å². The highest BCUT2D eigenvalue weighted by Crippen LogP contribution is 2.31. The van der Waals surface area contributed by atoms with Gasteiger partial charge in [0, 0.05) is 0 Å². The van der Waals surface area contributed by atoms with Crippen molar-refractivity contribution < 1.29 is 4.74 Å². The lowest BCUT2D eigenvalue weighted by Gasteiger charge is -2.18. The minimum Gasteiger partial charge on any atom is -0.474 e. The molecule has 2 aromatic carbocycles. The molecule has 3 nitrogen and oxygen atoms in total. The minimum absolute atomic E-state index is 0.0789. The average molecular weight is 356 g/mol. The quantitative estimate of drug-likeness (QED) is 0.640. The molecule has 3 aromatic rings. The Hall–Kier alpha value is -2.94. The molecule has 3 heteroatoms. The molecular weight excluding hydrogens is 332 g/mol. The maximum absolute atomic E-state index is 5.85. The Balaban J connectivity index is 1.75. The zero-order valence-corrected chi connectivity index (χ0v) is 15.7. The molecule has 0 bridgehead atoms. The van der Waals surface area contributed by atoms with Crippen molar-refractivity contribution in [3.63, 3.8) is 0 Å². The van der Waals surface area contributed by atoms with Crippen LogP contribution in [0.25, 0.3) is 0 Å². The van der Waals surface area contributed by atoms with E-state index in [1.165, 1.54) is 11.1 Å². The van der Waals surface area contributed by atoms with Gasteiger partial charge in [0.15, 0.2) is 0 Å². The molecule has 0 saturated heterocycles. The lowest BCUT2D eigenvalue weighted by molar-refractivity contribution is 0.291. The summed E-state index contributed by atoms with van der Waals surface area (Å²) in [5.74, 6) is 1.21. The van der Waals surface area contributed by atoms with Gasteiger partial charge in [-0.2, -0.15) is 0 Å². The number of hydrogen-bond acceptors (Lipinski definition) is 3. The fourth-order valence-corrected chi connectivity index (χ4v) is 3.43. The first-order chi connectivity index (χ1) is 13.2. The van der Waals surface area contributed by atoms with E-state index in [4.69, 9.17) is 14.7 Å². The molecule has 1 aliphatic heterocycles. The zero-order valence-electron chi connectivity index (χ0n) is 15.7. The molecule has 0 fully saturated rings. The van der Waals surface area contributed by atoms with E-state index in [0.29, 0.717) is 18.4 Å². The molecule has 0 aliphatic carbocycles. The van der Waals surface area contributed by atoms with E-state index in [2.05, 4.69) is 68.4 Å². The normalized spacial score (nSPS) is 16.4. The minimum atomic E-state index is 0.0789. The SMILES string of the molecule is CC(C)[C@H]1COC(c2cccc(C(c3ccccc3)c3ccccc3)n2)=N1. The van der Waals surface area contributed by atoms with Gasteiger partial charge >= 0.3 is 0 Å². The third-order valence-electron chi connectivity index (χ3n) is 4.99. The summed E-state index contributed by atoms with van der Waals surface area (Å²) in [6, 6.07) is 27.4. The second-order valence-corrected chi connectivity index (χ2v) is 7.26. The highest BCUT2D eigenvalue weighted by atomic mass is 16.5. The number of aliphatic imine (C=N–C) groups is 1. The van der Waals surface area contributed by atoms with Crippen LogP contribution >= 0.6 is 0 Å². The number of ether oxygens (including phenoxy) is 1. The van der Waals surface area contributed by atoms with Crippen molar-refractivity contribution in [2.75, 3.05) is 6.61 Å². The van der Waals surface area contributed by atoms with Crippen molar-refractivity contribution in [2.24, 2.45) is 10.9 Å². The van der Waals surface area contributed by atoms with Crippen molar-refractivity contribution in [3.05, 3.63) is 101 Å². The molecule has 1 aromatic heterocycles. The fourth-order valence-electron chi connectivity index (χ4n) is 3.43. The Kier molecular flexibility index (Phi) is 5.01. The van der Waals surface area contributed by atoms with E-state index in [9.17, 15) is 0 Å². The Morgan fingerprint density at radius 3 is 2.00 bits per heavy atom. The molecule has 0 N–H and O–H groups in total. The zero-order chi connectivity index (χ0) is 18.6. The van der Waals surface area contributed by atoms with Crippen LogP contribution in [0.15, 0.2) is 83.9 Å². The number of nitrogens with zero attached hydrogens (tertiary/aromatic N) is 2. The molecule has 0 saturated carbocycles. The van der Waals surface area contributed by atoms with E-state index in [1.807, 2.05) is 24.3 Å². The Labute approximate surface area is 160 Å². The number of aromatic nitrogens is 1. The summed E-state index contributed by atoms with van der Waals surface area (Å²) < 4.78 is 5.85. The smallest absolute Gasteiger partial charge is 0.235 e. The van der Waals surface area contributed by atoms with Crippen LogP contribution < -0.4 is 0 Å². The van der Waals surface area contributed by atoms with Crippen LogP contribution in [0.3, 0.4) is 0 Å². The van der Waals surface area contributed by atoms with Crippen molar-refractivity contribution in [1.29, 1.82) is 0 Å². The number of hydrogen-bond donors (Lipinski definition) is 0. The Morgan fingerprint density at radius 1 is 0.815 bits per heavy atom. The van der Waals surface area contributed by atoms with Crippen LogP contribution in [0.4, 0.5) is 0 Å². The van der Waals surface area contributed by atoms with Gasteiger partial charge in [-0.25, -0.2) is 9.98 Å². The number of pyridine rings is 1. The highest BCUT2D eigenvalue weighted by Gasteiger charge is 2.25. The summed E-state index contributed by atoms with van der Waals surface area (Å²) in [7, 11) is 0. The first-order valence-electron chi connectivity index (χ1n) is 9.50. The molecule has 27 heavy (non-hydrogen) atoms. The molecule has 1 aliphatic rings. The first-order valence-corrected chi connectivity index (χ1v) is 9.50. The third-order valence-corrected chi connectivity index (χ3v) is 4.99. The maximum Gasteiger partial charge on any atom is 0.235 e. The Morgan fingerprint density at radius 2 is 1.44 bits per heavy atom. The van der Waals surface area contributed by atoms with E-state index < -0.39 is 0 Å². The summed E-state index contributed by atoms with van der Waals surface area (Å²) >= 11 is 0. The average Bonchev–Trinajstić information content (AvgIpc) is 3.21. The predicted molar refractivity (Wildman–Crippen MR) is 109 cm³/mol. The van der Waals surface area contributed by atoms with Crippen molar-refractivity contribution in [1.82, 2.24) is 4.98 Å². The van der Waals surface area contributed by atoms with Gasteiger partial charge in [-0.15, -0.1) is 0 Å². The summed E-state index contributed by atoms with van der Waals surface area (Å²) in [6.45, 7) is 4.98. The fraction of sp³-hybridized carbons (Fsp3) is 0.250. The second kappa shape index (κ2) is 7.75. The molecule has 4 rings (SSSR count). The van der Waals surface area contributed by atoms with Gasteiger partial charge < -0.3 is 4.74 Å². The maximum atomic E-state index is 5.85. The summed E-state index contributed by atoms with van der Waals surface area (Å²) in [4.78, 5) is 9.68. The van der Waals surface area contributed by atoms with Crippen LogP contribution in [0.1, 0.15) is 42.3 Å². The molecule has 136 valence electrons. The van der Waals surface area contributed by atoms with Crippen LogP contribution in [0.5, 0.6) is 0 Å². The lowest BCUT2D eigenvalue weighted by atomic mass is 9.88. The molecular formula is C24H24N2O. The van der Waals surface area contributed by atoms with Gasteiger partial charge in [-0.1, -0.05) is 80.6 Å². The number of rotatable bonds is 5. The van der Waals surface area contributed by atoms with E-state index in [-0.39, 0.29) is 12.0 Å². The van der Waals surface area contributed by atoms with Crippen LogP contribution in [0, 0.1) is 5.92 Å². The molecule has 0 amide bonds. The first kappa shape index (κ1) is 17.5. The molecule has 0 spiro atoms. The Bertz CT molecular complexity index is 880. The molecule has 0 unspecified atom stereocenters. The predicted octanol–water partition coefficient (Wildman–Crippen LogP) is 5.06. The summed E-state index contributed by atoms with van der Waals surface area (Å²) in [6.07, 6.45) is 0. The number of benzene rings is 2. The van der Waals surface area contributed by atoms with Gasteiger partial charge in [0.2, 0.25) is 5.90 Å². The van der Waals surface area contributed by atoms with E-state index >= 15 is 0 Å². The van der Waals surface area contributed by atoms with Gasteiger partial charge in [-0.05, 0) is 29.2 Å². The van der Waals surface area contributed by atoms with E-state index in [0.717, 1.165) is 11.4 Å². The van der Waals surface area contributed by atoms with E-state index in [1.54, 1.807) is 0 Å². The third kappa shape index (κ3) is 3.77. The highest BCUT2D eigenvalue weighted by molar-refractivity contribution is 5.93. The largest absolute Gasteiger partial charge is 0.474 e. The van der Waals surface area contributed by atoms with Crippen molar-refractivity contribution in [3.8, 4) is 0 Å². The topological polar surface area (TPSA) is 34.5 Å². The van der Waals surface area contributed by atoms with Crippen LogP contribution in [-0.2, 0) is 4.74 Å². The summed E-state index contributed by atoms with van der Waals surface area (Å²) in [5.41, 5.74) is 4.27. The lowest BCUT2D eigenvalue weighted by Crippen LogP contribution is -2.13. The standard InChI is InChI=1S/C24H24N2O/c1-17(2)22-16-27-24(26-22)21-15-9-14-20(25-21)23(18-10-5-3-6-11-18)19-12-7-4-8-13-19/h3-15,17,22-23H,16H2,1-2H3/t22-/m1/s1. The van der Waals surface area contributed by atoms with Crippen molar-refractivity contribution in [2.45, 2.75) is 25.8 Å².